The van der Waals surface area contributed by atoms with Crippen molar-refractivity contribution in [1.29, 1.82) is 0 Å². The molecule has 0 aliphatic heterocycles. The van der Waals surface area contributed by atoms with E-state index in [0.717, 1.165) is 0 Å². The maximum absolute atomic E-state index is 5.67. The van der Waals surface area contributed by atoms with Crippen LogP contribution in [0.4, 0.5) is 0 Å². The van der Waals surface area contributed by atoms with Gasteiger partial charge in [0.25, 0.3) is 0 Å². The molecule has 2 aliphatic rings. The predicted molar refractivity (Wildman–Crippen MR) is 78.3 cm³/mol. The van der Waals surface area contributed by atoms with Gasteiger partial charge < -0.3 is 10.1 Å². The van der Waals surface area contributed by atoms with Crippen LogP contribution in [0.1, 0.15) is 55.7 Å². The molecule has 0 unspecified atom stereocenters. The summed E-state index contributed by atoms with van der Waals surface area (Å²) in [6.45, 7) is 0. The molecule has 19 heavy (non-hydrogen) atoms. The van der Waals surface area contributed by atoms with Gasteiger partial charge in [-0.05, 0) is 43.2 Å². The van der Waals surface area contributed by atoms with Gasteiger partial charge in [-0.2, -0.15) is 0 Å². The first-order chi connectivity index (χ1) is 9.38. The summed E-state index contributed by atoms with van der Waals surface area (Å²) >= 11 is 0. The first kappa shape index (κ1) is 13.1. The molecule has 104 valence electrons. The largest absolute Gasteiger partial charge is 0.380 e. The van der Waals surface area contributed by atoms with E-state index in [1.165, 1.54) is 56.1 Å². The number of benzene rings is 1. The first-order valence-corrected chi connectivity index (χ1v) is 7.75. The number of fused-ring (bicyclic) bond motifs is 1. The Morgan fingerprint density at radius 2 is 1.89 bits per heavy atom. The smallest absolute Gasteiger partial charge is 0.0724 e. The minimum Gasteiger partial charge on any atom is -0.380 e. The number of nitrogens with one attached hydrogen (secondary N) is 1. The Bertz CT molecular complexity index is 417. The minimum absolute atomic E-state index is 0.405. The SMILES string of the molecule is CO[C@@H]1CCCC[C@H]1N[C@@H]1CCCc2ccccc21. The van der Waals surface area contributed by atoms with Crippen molar-refractivity contribution in [2.45, 2.75) is 63.1 Å². The fourth-order valence-corrected chi connectivity index (χ4v) is 3.76. The van der Waals surface area contributed by atoms with Crippen LogP contribution in [0, 0.1) is 0 Å². The van der Waals surface area contributed by atoms with Gasteiger partial charge in [-0.15, -0.1) is 0 Å². The third kappa shape index (κ3) is 2.85. The van der Waals surface area contributed by atoms with E-state index in [1.807, 2.05) is 7.11 Å². The Balaban J connectivity index is 1.73. The molecule has 0 spiro atoms. The number of hydrogen-bond donors (Lipinski definition) is 1. The second-order valence-corrected chi connectivity index (χ2v) is 5.98. The van der Waals surface area contributed by atoms with E-state index in [9.17, 15) is 0 Å². The van der Waals surface area contributed by atoms with Crippen LogP contribution in [0.2, 0.25) is 0 Å². The summed E-state index contributed by atoms with van der Waals surface area (Å²) in [5, 5.41) is 3.89. The summed E-state index contributed by atoms with van der Waals surface area (Å²) in [4.78, 5) is 0. The topological polar surface area (TPSA) is 21.3 Å². The normalized spacial score (nSPS) is 30.9. The molecular weight excluding hydrogens is 234 g/mol. The third-order valence-corrected chi connectivity index (χ3v) is 4.79. The number of rotatable bonds is 3. The Hall–Kier alpha value is -0.860. The average Bonchev–Trinajstić information content (AvgIpc) is 2.48. The Morgan fingerprint density at radius 3 is 2.79 bits per heavy atom. The van der Waals surface area contributed by atoms with Crippen molar-refractivity contribution in [3.63, 3.8) is 0 Å². The summed E-state index contributed by atoms with van der Waals surface area (Å²) in [7, 11) is 1.86. The van der Waals surface area contributed by atoms with E-state index in [2.05, 4.69) is 29.6 Å². The molecule has 3 atom stereocenters. The molecule has 1 saturated carbocycles. The average molecular weight is 259 g/mol. The molecule has 2 heteroatoms. The van der Waals surface area contributed by atoms with Crippen LogP contribution in [0.25, 0.3) is 0 Å². The predicted octanol–water partition coefficient (Wildman–Crippen LogP) is 3.61. The van der Waals surface area contributed by atoms with Crippen molar-refractivity contribution in [2.75, 3.05) is 7.11 Å². The molecule has 0 aromatic heterocycles. The second kappa shape index (κ2) is 6.06. The molecule has 1 N–H and O–H groups in total. The molecule has 3 rings (SSSR count). The van der Waals surface area contributed by atoms with E-state index in [-0.39, 0.29) is 0 Å². The standard InChI is InChI=1S/C17H25NO/c1-19-17-12-5-4-10-16(17)18-15-11-6-8-13-7-2-3-9-14(13)15/h2-3,7,9,15-18H,4-6,8,10-12H2,1H3/t15-,16-,17-/m1/s1. The maximum Gasteiger partial charge on any atom is 0.0724 e. The van der Waals surface area contributed by atoms with E-state index in [1.54, 1.807) is 0 Å². The molecule has 0 amide bonds. The molecule has 1 fully saturated rings. The zero-order valence-electron chi connectivity index (χ0n) is 11.9. The van der Waals surface area contributed by atoms with Crippen molar-refractivity contribution >= 4 is 0 Å². The first-order valence-electron chi connectivity index (χ1n) is 7.75. The fourth-order valence-electron chi connectivity index (χ4n) is 3.76. The number of aryl methyl sites for hydroxylation is 1. The lowest BCUT2D eigenvalue weighted by Gasteiger charge is -2.36. The van der Waals surface area contributed by atoms with Gasteiger partial charge in [-0.25, -0.2) is 0 Å². The zero-order valence-corrected chi connectivity index (χ0v) is 11.9. The maximum atomic E-state index is 5.67. The van der Waals surface area contributed by atoms with Gasteiger partial charge in [0.2, 0.25) is 0 Å². The van der Waals surface area contributed by atoms with Gasteiger partial charge in [0, 0.05) is 19.2 Å². The van der Waals surface area contributed by atoms with Crippen molar-refractivity contribution < 1.29 is 4.74 Å². The molecule has 1 aromatic rings. The number of hydrogen-bond acceptors (Lipinski definition) is 2. The van der Waals surface area contributed by atoms with Crippen molar-refractivity contribution in [2.24, 2.45) is 0 Å². The van der Waals surface area contributed by atoms with E-state index >= 15 is 0 Å². The van der Waals surface area contributed by atoms with Crippen LogP contribution in [0.15, 0.2) is 24.3 Å². The summed E-state index contributed by atoms with van der Waals surface area (Å²) in [6.07, 6.45) is 9.35. The lowest BCUT2D eigenvalue weighted by Crippen LogP contribution is -2.45. The van der Waals surface area contributed by atoms with Crippen molar-refractivity contribution in [3.8, 4) is 0 Å². The van der Waals surface area contributed by atoms with E-state index in [0.29, 0.717) is 18.2 Å². The molecule has 0 bridgehead atoms. The highest BCUT2D eigenvalue weighted by molar-refractivity contribution is 5.32. The molecular formula is C17H25NO. The highest BCUT2D eigenvalue weighted by atomic mass is 16.5. The summed E-state index contributed by atoms with van der Waals surface area (Å²) in [6, 6.07) is 10.0. The molecule has 0 radical (unpaired) electrons. The van der Waals surface area contributed by atoms with Gasteiger partial charge in [0.05, 0.1) is 6.10 Å². The molecule has 0 heterocycles. The van der Waals surface area contributed by atoms with Crippen LogP contribution < -0.4 is 5.32 Å². The van der Waals surface area contributed by atoms with Gasteiger partial charge >= 0.3 is 0 Å². The summed E-state index contributed by atoms with van der Waals surface area (Å²) < 4.78 is 5.67. The highest BCUT2D eigenvalue weighted by Crippen LogP contribution is 2.32. The summed E-state index contributed by atoms with van der Waals surface area (Å²) in [5.41, 5.74) is 3.06. The lowest BCUT2D eigenvalue weighted by atomic mass is 9.85. The van der Waals surface area contributed by atoms with Crippen LogP contribution in [0.5, 0.6) is 0 Å². The van der Waals surface area contributed by atoms with E-state index in [4.69, 9.17) is 4.74 Å². The molecule has 2 aliphatic carbocycles. The van der Waals surface area contributed by atoms with Gasteiger partial charge in [-0.1, -0.05) is 37.1 Å². The van der Waals surface area contributed by atoms with Crippen molar-refractivity contribution in [3.05, 3.63) is 35.4 Å². The molecule has 1 aromatic carbocycles. The molecule has 2 nitrogen and oxygen atoms in total. The van der Waals surface area contributed by atoms with Crippen LogP contribution >= 0.6 is 0 Å². The Morgan fingerprint density at radius 1 is 1.05 bits per heavy atom. The number of methoxy groups -OCH3 is 1. The van der Waals surface area contributed by atoms with Crippen molar-refractivity contribution in [1.82, 2.24) is 5.32 Å². The van der Waals surface area contributed by atoms with Gasteiger partial charge in [0.1, 0.15) is 0 Å². The third-order valence-electron chi connectivity index (χ3n) is 4.79. The molecule has 0 saturated heterocycles. The highest BCUT2D eigenvalue weighted by Gasteiger charge is 2.29. The van der Waals surface area contributed by atoms with Gasteiger partial charge in [-0.3, -0.25) is 0 Å². The lowest BCUT2D eigenvalue weighted by molar-refractivity contribution is 0.0368. The van der Waals surface area contributed by atoms with Crippen LogP contribution in [0.3, 0.4) is 0 Å². The van der Waals surface area contributed by atoms with Gasteiger partial charge in [0.15, 0.2) is 0 Å². The minimum atomic E-state index is 0.405. The Kier molecular flexibility index (Phi) is 4.19. The monoisotopic (exact) mass is 259 g/mol. The fraction of sp³-hybridized carbons (Fsp3) is 0.647. The van der Waals surface area contributed by atoms with Crippen LogP contribution in [-0.4, -0.2) is 19.3 Å². The summed E-state index contributed by atoms with van der Waals surface area (Å²) in [5.74, 6) is 0. The number of ether oxygens (including phenoxy) is 1. The quantitative estimate of drug-likeness (QED) is 0.895. The zero-order chi connectivity index (χ0) is 13.1. The van der Waals surface area contributed by atoms with E-state index < -0.39 is 0 Å². The second-order valence-electron chi connectivity index (χ2n) is 5.98. The van der Waals surface area contributed by atoms with Crippen LogP contribution in [-0.2, 0) is 11.2 Å². The Labute approximate surface area is 116 Å².